The maximum atomic E-state index is 10.8. The highest BCUT2D eigenvalue weighted by molar-refractivity contribution is 8.13. The summed E-state index contributed by atoms with van der Waals surface area (Å²) in [6, 6.07) is 1.46. The Labute approximate surface area is 106 Å². The molecule has 1 aromatic rings. The van der Waals surface area contributed by atoms with Gasteiger partial charge in [-0.2, -0.15) is 0 Å². The molecule has 0 fully saturated rings. The van der Waals surface area contributed by atoms with Crippen LogP contribution in [-0.2, 0) is 4.79 Å². The zero-order valence-corrected chi connectivity index (χ0v) is 10.6. The van der Waals surface area contributed by atoms with E-state index >= 15 is 0 Å². The molecule has 17 heavy (non-hydrogen) atoms. The molecule has 0 bridgehead atoms. The van der Waals surface area contributed by atoms with Crippen molar-refractivity contribution >= 4 is 34.2 Å². The van der Waals surface area contributed by atoms with Crippen LogP contribution in [0.15, 0.2) is 11.4 Å². The average Bonchev–Trinajstić information content (AvgIpc) is 2.73. The highest BCUT2D eigenvalue weighted by Gasteiger charge is 2.25. The predicted octanol–water partition coefficient (Wildman–Crippen LogP) is 1.12. The van der Waals surface area contributed by atoms with Gasteiger partial charge in [-0.25, -0.2) is 4.79 Å². The van der Waals surface area contributed by atoms with E-state index < -0.39 is 18.2 Å². The van der Waals surface area contributed by atoms with Crippen molar-refractivity contribution in [2.75, 3.05) is 5.75 Å². The number of aromatic carboxylic acids is 1. The molecule has 0 saturated heterocycles. The molecule has 7 heteroatoms. The van der Waals surface area contributed by atoms with Crippen LogP contribution >= 0.6 is 23.1 Å². The van der Waals surface area contributed by atoms with E-state index in [0.717, 1.165) is 23.1 Å². The van der Waals surface area contributed by atoms with E-state index in [1.54, 1.807) is 0 Å². The molecule has 0 aromatic carbocycles. The summed E-state index contributed by atoms with van der Waals surface area (Å²) in [7, 11) is 0. The number of aliphatic hydroxyl groups is 2. The summed E-state index contributed by atoms with van der Waals surface area (Å²) >= 11 is 1.87. The summed E-state index contributed by atoms with van der Waals surface area (Å²) < 4.78 is 0. The van der Waals surface area contributed by atoms with Crippen molar-refractivity contribution in [1.29, 1.82) is 0 Å². The molecule has 1 heterocycles. The second-order valence-corrected chi connectivity index (χ2v) is 5.44. The van der Waals surface area contributed by atoms with Gasteiger partial charge in [0.15, 0.2) is 5.12 Å². The van der Waals surface area contributed by atoms with Crippen LogP contribution in [0, 0.1) is 0 Å². The zero-order valence-electron chi connectivity index (χ0n) is 8.99. The fourth-order valence-electron chi connectivity index (χ4n) is 1.23. The number of rotatable bonds is 5. The molecular weight excluding hydrogens is 264 g/mol. The number of thioether (sulfide) groups is 1. The lowest BCUT2D eigenvalue weighted by atomic mass is 10.1. The van der Waals surface area contributed by atoms with Crippen molar-refractivity contribution in [3.05, 3.63) is 21.9 Å². The fraction of sp³-hybridized carbons (Fsp3) is 0.400. The molecule has 0 radical (unpaired) electrons. The minimum absolute atomic E-state index is 0.00405. The minimum Gasteiger partial charge on any atom is -0.477 e. The van der Waals surface area contributed by atoms with Crippen LogP contribution in [0.25, 0.3) is 0 Å². The highest BCUT2D eigenvalue weighted by atomic mass is 32.2. The SMILES string of the molecule is CC(=O)SCC(O)C(O)c1ccsc1C(=O)O. The van der Waals surface area contributed by atoms with Crippen LogP contribution in [0.1, 0.15) is 28.3 Å². The van der Waals surface area contributed by atoms with Gasteiger partial charge in [-0.3, -0.25) is 4.79 Å². The van der Waals surface area contributed by atoms with Crippen molar-refractivity contribution in [3.63, 3.8) is 0 Å². The van der Waals surface area contributed by atoms with Crippen molar-refractivity contribution in [3.8, 4) is 0 Å². The Morgan fingerprint density at radius 3 is 2.65 bits per heavy atom. The minimum atomic E-state index is -1.29. The Hall–Kier alpha value is -0.890. The van der Waals surface area contributed by atoms with E-state index in [-0.39, 0.29) is 21.3 Å². The van der Waals surface area contributed by atoms with Gasteiger partial charge in [-0.15, -0.1) is 11.3 Å². The summed E-state index contributed by atoms with van der Waals surface area (Å²) in [4.78, 5) is 21.5. The number of carboxylic acids is 1. The van der Waals surface area contributed by atoms with Crippen LogP contribution in [0.3, 0.4) is 0 Å². The van der Waals surface area contributed by atoms with Crippen LogP contribution in [0.4, 0.5) is 0 Å². The summed E-state index contributed by atoms with van der Waals surface area (Å²) in [6.07, 6.45) is -2.46. The van der Waals surface area contributed by atoms with E-state index in [2.05, 4.69) is 0 Å². The molecule has 94 valence electrons. The number of aliphatic hydroxyl groups excluding tert-OH is 2. The van der Waals surface area contributed by atoms with Gasteiger partial charge < -0.3 is 15.3 Å². The molecule has 2 atom stereocenters. The number of hydrogen-bond donors (Lipinski definition) is 3. The van der Waals surface area contributed by atoms with E-state index in [1.165, 1.54) is 18.4 Å². The first-order valence-electron chi connectivity index (χ1n) is 4.73. The second-order valence-electron chi connectivity index (χ2n) is 3.32. The van der Waals surface area contributed by atoms with Crippen LogP contribution in [0.5, 0.6) is 0 Å². The molecule has 0 aliphatic carbocycles. The van der Waals surface area contributed by atoms with Gasteiger partial charge in [0.05, 0.1) is 6.10 Å². The van der Waals surface area contributed by atoms with Gasteiger partial charge in [-0.1, -0.05) is 11.8 Å². The van der Waals surface area contributed by atoms with Crippen molar-refractivity contribution < 1.29 is 24.9 Å². The molecular formula is C10H12O5S2. The predicted molar refractivity (Wildman–Crippen MR) is 65.4 cm³/mol. The van der Waals surface area contributed by atoms with Crippen LogP contribution in [-0.4, -0.2) is 38.3 Å². The Kier molecular flexibility index (Phi) is 5.13. The Morgan fingerprint density at radius 1 is 1.47 bits per heavy atom. The molecule has 0 amide bonds. The second kappa shape index (κ2) is 6.15. The van der Waals surface area contributed by atoms with Crippen molar-refractivity contribution in [1.82, 2.24) is 0 Å². The van der Waals surface area contributed by atoms with Gasteiger partial charge in [0.1, 0.15) is 11.0 Å². The molecule has 2 unspecified atom stereocenters. The van der Waals surface area contributed by atoms with E-state index in [0.29, 0.717) is 0 Å². The fourth-order valence-corrected chi connectivity index (χ4v) is 2.59. The number of hydrogen-bond acceptors (Lipinski definition) is 6. The number of carbonyl (C=O) groups excluding carboxylic acids is 1. The Bertz CT molecular complexity index is 415. The van der Waals surface area contributed by atoms with Crippen molar-refractivity contribution in [2.45, 2.75) is 19.1 Å². The van der Waals surface area contributed by atoms with Crippen molar-refractivity contribution in [2.24, 2.45) is 0 Å². The topological polar surface area (TPSA) is 94.8 Å². The Morgan fingerprint density at radius 2 is 2.12 bits per heavy atom. The van der Waals surface area contributed by atoms with E-state index in [4.69, 9.17) is 5.11 Å². The van der Waals surface area contributed by atoms with Gasteiger partial charge in [-0.05, 0) is 11.4 Å². The largest absolute Gasteiger partial charge is 0.477 e. The Balaban J connectivity index is 2.74. The first-order valence-corrected chi connectivity index (χ1v) is 6.60. The van der Waals surface area contributed by atoms with Gasteiger partial charge in [0, 0.05) is 18.2 Å². The molecule has 0 saturated carbocycles. The van der Waals surface area contributed by atoms with Gasteiger partial charge >= 0.3 is 5.97 Å². The summed E-state index contributed by atoms with van der Waals surface area (Å²) in [5.41, 5.74) is 0.180. The number of thiophene rings is 1. The zero-order chi connectivity index (χ0) is 13.0. The van der Waals surface area contributed by atoms with Gasteiger partial charge in [0.2, 0.25) is 0 Å². The lowest BCUT2D eigenvalue weighted by Crippen LogP contribution is -2.22. The number of carboxylic acid groups (broad SMARTS) is 1. The third-order valence-corrected chi connectivity index (χ3v) is 3.86. The van der Waals surface area contributed by atoms with E-state index in [9.17, 15) is 19.8 Å². The molecule has 1 rings (SSSR count). The summed E-state index contributed by atoms with van der Waals surface area (Å²) in [5.74, 6) is -1.11. The third kappa shape index (κ3) is 3.81. The first kappa shape index (κ1) is 14.2. The normalized spacial score (nSPS) is 14.3. The molecule has 0 spiro atoms. The monoisotopic (exact) mass is 276 g/mol. The van der Waals surface area contributed by atoms with E-state index in [1.807, 2.05) is 0 Å². The molecule has 0 aliphatic rings. The lowest BCUT2D eigenvalue weighted by Gasteiger charge is -2.16. The standard InChI is InChI=1S/C10H12O5S2/c1-5(11)17-4-7(12)8(13)6-2-3-16-9(6)10(14)15/h2-3,7-8,12-13H,4H2,1H3,(H,14,15). The molecule has 1 aromatic heterocycles. The maximum absolute atomic E-state index is 10.8. The molecule has 3 N–H and O–H groups in total. The first-order chi connectivity index (χ1) is 7.93. The summed E-state index contributed by atoms with van der Waals surface area (Å²) in [6.45, 7) is 1.36. The van der Waals surface area contributed by atoms with Crippen LogP contribution < -0.4 is 0 Å². The molecule has 5 nitrogen and oxygen atoms in total. The highest BCUT2D eigenvalue weighted by Crippen LogP contribution is 2.27. The average molecular weight is 276 g/mol. The maximum Gasteiger partial charge on any atom is 0.346 e. The van der Waals surface area contributed by atoms with Gasteiger partial charge in [0.25, 0.3) is 0 Å². The summed E-state index contributed by atoms with van der Waals surface area (Å²) in [5, 5.41) is 29.7. The van der Waals surface area contributed by atoms with Crippen LogP contribution in [0.2, 0.25) is 0 Å². The quantitative estimate of drug-likeness (QED) is 0.746. The molecule has 0 aliphatic heterocycles. The smallest absolute Gasteiger partial charge is 0.346 e. The third-order valence-electron chi connectivity index (χ3n) is 2.03. The number of carbonyl (C=O) groups is 2. The lowest BCUT2D eigenvalue weighted by molar-refractivity contribution is -0.109.